The molecule has 2 bridgehead atoms. The SMILES string of the molecule is CC/C=C/CO[C@H]1CO[C@H](c2ccc(C34CCC(CCCCCCC)(CC3)CC4)cc2)CO1. The largest absolute Gasteiger partial charge is 0.366 e. The van der Waals surface area contributed by atoms with Crippen LogP contribution in [0.4, 0.5) is 0 Å². The van der Waals surface area contributed by atoms with E-state index in [1.165, 1.54) is 82.6 Å². The standard InChI is InChI=1S/C30H46O3/c1-3-5-7-8-9-15-29-16-19-30(20-17-29,21-18-29)26-13-11-25(12-14-26)27-23-33-28(24-32-27)31-22-10-6-4-2/h6,10-14,27-28H,3-5,7-9,15-24H2,1-2H3/b10-6+/t27-,28+,29?,30?/m0/s1. The fraction of sp³-hybridized carbons (Fsp3) is 0.733. The maximum Gasteiger partial charge on any atom is 0.181 e. The van der Waals surface area contributed by atoms with Gasteiger partial charge in [0, 0.05) is 0 Å². The lowest BCUT2D eigenvalue weighted by atomic mass is 9.51. The first kappa shape index (κ1) is 24.9. The van der Waals surface area contributed by atoms with E-state index < -0.39 is 0 Å². The van der Waals surface area contributed by atoms with Crippen molar-refractivity contribution in [1.82, 2.24) is 0 Å². The molecular weight excluding hydrogens is 408 g/mol. The van der Waals surface area contributed by atoms with Gasteiger partial charge in [-0.05, 0) is 73.3 Å². The second-order valence-corrected chi connectivity index (χ2v) is 10.9. The molecule has 0 aromatic heterocycles. The first-order valence-corrected chi connectivity index (χ1v) is 13.8. The van der Waals surface area contributed by atoms with Crippen LogP contribution >= 0.6 is 0 Å². The molecule has 3 heteroatoms. The zero-order chi connectivity index (χ0) is 23.0. The average molecular weight is 455 g/mol. The second kappa shape index (κ2) is 12.0. The Hall–Kier alpha value is -1.16. The summed E-state index contributed by atoms with van der Waals surface area (Å²) in [5.74, 6) is 0. The van der Waals surface area contributed by atoms with Crippen LogP contribution in [0.3, 0.4) is 0 Å². The smallest absolute Gasteiger partial charge is 0.181 e. The molecule has 33 heavy (non-hydrogen) atoms. The van der Waals surface area contributed by atoms with Crippen molar-refractivity contribution < 1.29 is 14.2 Å². The van der Waals surface area contributed by atoms with Crippen LogP contribution in [-0.4, -0.2) is 26.1 Å². The molecule has 184 valence electrons. The van der Waals surface area contributed by atoms with Crippen molar-refractivity contribution in [3.05, 3.63) is 47.5 Å². The molecule has 3 saturated carbocycles. The van der Waals surface area contributed by atoms with Gasteiger partial charge in [-0.1, -0.05) is 82.4 Å². The van der Waals surface area contributed by atoms with E-state index >= 15 is 0 Å². The number of ether oxygens (including phenoxy) is 3. The van der Waals surface area contributed by atoms with Crippen LogP contribution in [0.5, 0.6) is 0 Å². The molecule has 3 nitrogen and oxygen atoms in total. The highest BCUT2D eigenvalue weighted by atomic mass is 16.7. The Bertz CT molecular complexity index is 705. The quantitative estimate of drug-likeness (QED) is 0.236. The molecule has 3 aliphatic carbocycles. The molecule has 1 aliphatic heterocycles. The molecule has 0 spiro atoms. The third-order valence-corrected chi connectivity index (χ3v) is 8.75. The van der Waals surface area contributed by atoms with E-state index in [9.17, 15) is 0 Å². The number of hydrogen-bond acceptors (Lipinski definition) is 3. The van der Waals surface area contributed by atoms with E-state index in [1.807, 2.05) is 6.08 Å². The summed E-state index contributed by atoms with van der Waals surface area (Å²) in [6.45, 7) is 6.08. The number of allylic oxidation sites excluding steroid dienone is 1. The summed E-state index contributed by atoms with van der Waals surface area (Å²) in [4.78, 5) is 0. The van der Waals surface area contributed by atoms with Crippen molar-refractivity contribution in [2.24, 2.45) is 5.41 Å². The molecule has 1 saturated heterocycles. The highest BCUT2D eigenvalue weighted by molar-refractivity contribution is 5.32. The average Bonchev–Trinajstić information content (AvgIpc) is 2.88. The van der Waals surface area contributed by atoms with Crippen molar-refractivity contribution in [2.75, 3.05) is 19.8 Å². The van der Waals surface area contributed by atoms with Crippen LogP contribution in [0, 0.1) is 5.41 Å². The van der Waals surface area contributed by atoms with Crippen LogP contribution in [0.15, 0.2) is 36.4 Å². The number of fused-ring (bicyclic) bond motifs is 3. The summed E-state index contributed by atoms with van der Waals surface area (Å²) < 4.78 is 17.7. The topological polar surface area (TPSA) is 27.7 Å². The third-order valence-electron chi connectivity index (χ3n) is 8.75. The lowest BCUT2D eigenvalue weighted by Gasteiger charge is -2.54. The van der Waals surface area contributed by atoms with Gasteiger partial charge in [0.15, 0.2) is 6.29 Å². The zero-order valence-corrected chi connectivity index (χ0v) is 21.2. The first-order chi connectivity index (χ1) is 16.2. The molecule has 1 heterocycles. The predicted octanol–water partition coefficient (Wildman–Crippen LogP) is 8.04. The second-order valence-electron chi connectivity index (χ2n) is 10.9. The molecule has 0 amide bonds. The van der Waals surface area contributed by atoms with Crippen LogP contribution in [0.25, 0.3) is 0 Å². The Balaban J connectivity index is 1.25. The van der Waals surface area contributed by atoms with Gasteiger partial charge >= 0.3 is 0 Å². The van der Waals surface area contributed by atoms with E-state index in [-0.39, 0.29) is 12.4 Å². The van der Waals surface area contributed by atoms with E-state index in [1.54, 1.807) is 5.56 Å². The molecule has 1 aromatic rings. The minimum atomic E-state index is -0.252. The van der Waals surface area contributed by atoms with Gasteiger partial charge in [-0.15, -0.1) is 0 Å². The highest BCUT2D eigenvalue weighted by Crippen LogP contribution is 2.59. The summed E-state index contributed by atoms with van der Waals surface area (Å²) >= 11 is 0. The van der Waals surface area contributed by atoms with E-state index in [2.05, 4.69) is 44.2 Å². The maximum absolute atomic E-state index is 6.08. The van der Waals surface area contributed by atoms with E-state index in [0.717, 1.165) is 6.42 Å². The van der Waals surface area contributed by atoms with Crippen LogP contribution in [0.2, 0.25) is 0 Å². The normalized spacial score (nSPS) is 31.9. The molecule has 4 aliphatic rings. The minimum Gasteiger partial charge on any atom is -0.366 e. The number of hydrogen-bond donors (Lipinski definition) is 0. The summed E-state index contributed by atoms with van der Waals surface area (Å²) in [6, 6.07) is 9.35. The third kappa shape index (κ3) is 6.29. The predicted molar refractivity (Wildman–Crippen MR) is 135 cm³/mol. The highest BCUT2D eigenvalue weighted by Gasteiger charge is 2.48. The van der Waals surface area contributed by atoms with Gasteiger partial charge in [0.05, 0.1) is 19.8 Å². The van der Waals surface area contributed by atoms with E-state index in [4.69, 9.17) is 14.2 Å². The summed E-state index contributed by atoms with van der Waals surface area (Å²) in [7, 11) is 0. The molecule has 0 unspecified atom stereocenters. The summed E-state index contributed by atoms with van der Waals surface area (Å²) in [5, 5.41) is 0. The van der Waals surface area contributed by atoms with Crippen molar-refractivity contribution in [3.8, 4) is 0 Å². The van der Waals surface area contributed by atoms with Crippen molar-refractivity contribution in [2.45, 2.75) is 115 Å². The minimum absolute atomic E-state index is 0.0145. The van der Waals surface area contributed by atoms with Gasteiger partial charge in [-0.25, -0.2) is 0 Å². The Morgan fingerprint density at radius 2 is 1.58 bits per heavy atom. The Labute approximate surface area is 202 Å². The van der Waals surface area contributed by atoms with Gasteiger partial charge in [-0.3, -0.25) is 0 Å². The van der Waals surface area contributed by atoms with Crippen LogP contribution in [-0.2, 0) is 19.6 Å². The van der Waals surface area contributed by atoms with Crippen LogP contribution < -0.4 is 0 Å². The van der Waals surface area contributed by atoms with Crippen molar-refractivity contribution >= 4 is 0 Å². The Kier molecular flexibility index (Phi) is 9.07. The molecule has 5 rings (SSSR count). The monoisotopic (exact) mass is 454 g/mol. The van der Waals surface area contributed by atoms with Crippen molar-refractivity contribution in [1.29, 1.82) is 0 Å². The Morgan fingerprint density at radius 3 is 2.21 bits per heavy atom. The van der Waals surface area contributed by atoms with Gasteiger partial charge in [0.25, 0.3) is 0 Å². The molecule has 2 atom stereocenters. The van der Waals surface area contributed by atoms with Gasteiger partial charge in [0.1, 0.15) is 6.10 Å². The lowest BCUT2D eigenvalue weighted by Crippen LogP contribution is -2.44. The van der Waals surface area contributed by atoms with Crippen LogP contribution in [0.1, 0.15) is 115 Å². The lowest BCUT2D eigenvalue weighted by molar-refractivity contribution is -0.232. The van der Waals surface area contributed by atoms with E-state index in [0.29, 0.717) is 30.7 Å². The molecular formula is C30H46O3. The molecule has 0 radical (unpaired) electrons. The maximum atomic E-state index is 6.08. The summed E-state index contributed by atoms with van der Waals surface area (Å²) in [5.41, 5.74) is 3.89. The van der Waals surface area contributed by atoms with Gasteiger partial charge in [-0.2, -0.15) is 0 Å². The molecule has 4 fully saturated rings. The number of unbranched alkanes of at least 4 members (excludes halogenated alkanes) is 4. The fourth-order valence-corrected chi connectivity index (χ4v) is 6.40. The van der Waals surface area contributed by atoms with Gasteiger partial charge < -0.3 is 14.2 Å². The molecule has 0 N–H and O–H groups in total. The first-order valence-electron chi connectivity index (χ1n) is 13.8. The Morgan fingerprint density at radius 1 is 0.848 bits per heavy atom. The van der Waals surface area contributed by atoms with Gasteiger partial charge in [0.2, 0.25) is 0 Å². The zero-order valence-electron chi connectivity index (χ0n) is 21.2. The fourth-order valence-electron chi connectivity index (χ4n) is 6.40. The number of rotatable bonds is 12. The van der Waals surface area contributed by atoms with Crippen molar-refractivity contribution in [3.63, 3.8) is 0 Å². The number of benzene rings is 1. The summed E-state index contributed by atoms with van der Waals surface area (Å²) in [6.07, 6.45) is 22.0. The molecule has 1 aromatic carbocycles.